The Hall–Kier alpha value is -2.51. The van der Waals surface area contributed by atoms with Gasteiger partial charge in [0.25, 0.3) is 0 Å². The van der Waals surface area contributed by atoms with Crippen LogP contribution in [0.2, 0.25) is 0 Å². The number of carboxylic acid groups (broad SMARTS) is 1. The van der Waals surface area contributed by atoms with E-state index in [0.717, 1.165) is 45.5 Å². The number of ether oxygens (including phenoxy) is 1. The first-order chi connectivity index (χ1) is 13.6. The van der Waals surface area contributed by atoms with Crippen molar-refractivity contribution >= 4 is 38.5 Å². The Labute approximate surface area is 171 Å². The zero-order chi connectivity index (χ0) is 19.7. The Morgan fingerprint density at radius 3 is 2.64 bits per heavy atom. The summed E-state index contributed by atoms with van der Waals surface area (Å²) in [5.41, 5.74) is 2.79. The molecule has 0 unspecified atom stereocenters. The van der Waals surface area contributed by atoms with Gasteiger partial charge in [-0.1, -0.05) is 34.1 Å². The second-order valence-corrected chi connectivity index (χ2v) is 7.79. The summed E-state index contributed by atoms with van der Waals surface area (Å²) < 4.78 is 6.43. The van der Waals surface area contributed by atoms with Gasteiger partial charge in [-0.2, -0.15) is 0 Å². The molecule has 7 heteroatoms. The number of H-pyrrole nitrogens is 1. The lowest BCUT2D eigenvalue weighted by molar-refractivity contribution is -0.143. The number of hydrogen-bond donors (Lipinski definition) is 2. The van der Waals surface area contributed by atoms with Gasteiger partial charge in [-0.3, -0.25) is 9.69 Å². The molecule has 28 heavy (non-hydrogen) atoms. The van der Waals surface area contributed by atoms with Crippen LogP contribution in [0.4, 0.5) is 5.69 Å². The zero-order valence-electron chi connectivity index (χ0n) is 15.6. The fraction of sp³-hybridized carbons (Fsp3) is 0.286. The maximum Gasteiger partial charge on any atom is 0.325 e. The molecule has 1 aromatic heterocycles. The highest BCUT2D eigenvalue weighted by molar-refractivity contribution is 9.10. The van der Waals surface area contributed by atoms with Crippen LogP contribution < -0.4 is 9.64 Å². The summed E-state index contributed by atoms with van der Waals surface area (Å²) in [7, 11) is 1.67. The number of anilines is 1. The van der Waals surface area contributed by atoms with Crippen molar-refractivity contribution in [2.75, 3.05) is 38.2 Å². The molecule has 0 saturated carbocycles. The molecule has 0 bridgehead atoms. The third-order valence-corrected chi connectivity index (χ3v) is 5.80. The summed E-state index contributed by atoms with van der Waals surface area (Å²) in [4.78, 5) is 19.7. The molecule has 2 aromatic carbocycles. The molecule has 6 nitrogen and oxygen atoms in total. The van der Waals surface area contributed by atoms with E-state index in [4.69, 9.17) is 4.74 Å². The Bertz CT molecular complexity index is 995. The van der Waals surface area contributed by atoms with Crippen LogP contribution >= 0.6 is 15.9 Å². The van der Waals surface area contributed by atoms with Crippen molar-refractivity contribution in [1.82, 2.24) is 9.88 Å². The molecule has 1 aliphatic heterocycles. The standard InChI is InChI=1S/C21H22BrN3O3/c1-28-19-5-3-2-4-18(19)24-8-10-25(11-9-24)20(21(26)27)16-13-23-17-12-14(22)6-7-15(16)17/h2-7,12-13,20,23H,8-11H2,1H3,(H,26,27)/t20-/m1/s1. The van der Waals surface area contributed by atoms with Gasteiger partial charge in [0.05, 0.1) is 12.8 Å². The van der Waals surface area contributed by atoms with Crippen LogP contribution in [-0.4, -0.2) is 54.2 Å². The highest BCUT2D eigenvalue weighted by Crippen LogP contribution is 2.33. The van der Waals surface area contributed by atoms with Crippen LogP contribution in [-0.2, 0) is 4.79 Å². The quantitative estimate of drug-likeness (QED) is 0.625. The summed E-state index contributed by atoms with van der Waals surface area (Å²) in [6.07, 6.45) is 1.82. The molecule has 2 heterocycles. The normalized spacial score (nSPS) is 16.3. The Morgan fingerprint density at radius 2 is 1.93 bits per heavy atom. The monoisotopic (exact) mass is 443 g/mol. The number of nitrogens with zero attached hydrogens (tertiary/aromatic N) is 2. The smallest absolute Gasteiger partial charge is 0.325 e. The number of aliphatic carboxylic acids is 1. The van der Waals surface area contributed by atoms with E-state index in [1.54, 1.807) is 7.11 Å². The minimum atomic E-state index is -0.824. The van der Waals surface area contributed by atoms with Gasteiger partial charge in [0.15, 0.2) is 0 Å². The number of para-hydroxylation sites is 2. The summed E-state index contributed by atoms with van der Waals surface area (Å²) in [5, 5.41) is 10.9. The van der Waals surface area contributed by atoms with E-state index < -0.39 is 12.0 Å². The SMILES string of the molecule is COc1ccccc1N1CCN([C@@H](C(=O)O)c2c[nH]c3cc(Br)ccc23)CC1. The number of halogens is 1. The number of aromatic nitrogens is 1. The number of aromatic amines is 1. The topological polar surface area (TPSA) is 68.8 Å². The first kappa shape index (κ1) is 18.8. The minimum Gasteiger partial charge on any atom is -0.495 e. The van der Waals surface area contributed by atoms with Crippen molar-refractivity contribution < 1.29 is 14.6 Å². The fourth-order valence-electron chi connectivity index (χ4n) is 3.95. The molecule has 1 aliphatic rings. The van der Waals surface area contributed by atoms with E-state index in [1.807, 2.05) is 53.6 Å². The number of nitrogens with one attached hydrogen (secondary N) is 1. The minimum absolute atomic E-state index is 0.665. The molecule has 3 aromatic rings. The maximum absolute atomic E-state index is 12.2. The van der Waals surface area contributed by atoms with E-state index in [9.17, 15) is 9.90 Å². The van der Waals surface area contributed by atoms with Crippen molar-refractivity contribution in [3.05, 3.63) is 58.7 Å². The van der Waals surface area contributed by atoms with Crippen LogP contribution in [0, 0.1) is 0 Å². The Kier molecular flexibility index (Phi) is 5.28. The summed E-state index contributed by atoms with van der Waals surface area (Å²) in [6.45, 7) is 2.83. The lowest BCUT2D eigenvalue weighted by Crippen LogP contribution is -2.49. The van der Waals surface area contributed by atoms with Crippen molar-refractivity contribution in [2.24, 2.45) is 0 Å². The molecule has 146 valence electrons. The third kappa shape index (κ3) is 3.47. The van der Waals surface area contributed by atoms with Crippen molar-refractivity contribution in [1.29, 1.82) is 0 Å². The molecule has 0 aliphatic carbocycles. The van der Waals surface area contributed by atoms with Gasteiger partial charge < -0.3 is 19.7 Å². The third-order valence-electron chi connectivity index (χ3n) is 5.31. The van der Waals surface area contributed by atoms with Crippen LogP contribution in [0.15, 0.2) is 53.1 Å². The molecular formula is C21H22BrN3O3. The molecule has 4 rings (SSSR count). The van der Waals surface area contributed by atoms with Gasteiger partial charge in [0, 0.05) is 53.3 Å². The molecule has 1 atom stereocenters. The lowest BCUT2D eigenvalue weighted by atomic mass is 10.0. The van der Waals surface area contributed by atoms with Crippen LogP contribution in [0.25, 0.3) is 10.9 Å². The van der Waals surface area contributed by atoms with Crippen LogP contribution in [0.1, 0.15) is 11.6 Å². The second kappa shape index (κ2) is 7.85. The number of piperazine rings is 1. The number of rotatable bonds is 5. The molecule has 1 fully saturated rings. The Morgan fingerprint density at radius 1 is 1.18 bits per heavy atom. The van der Waals surface area contributed by atoms with Crippen molar-refractivity contribution in [2.45, 2.75) is 6.04 Å². The van der Waals surface area contributed by atoms with Crippen LogP contribution in [0.5, 0.6) is 5.75 Å². The summed E-state index contributed by atoms with van der Waals surface area (Å²) in [6, 6.07) is 13.1. The molecular weight excluding hydrogens is 422 g/mol. The maximum atomic E-state index is 12.2. The molecule has 0 spiro atoms. The molecule has 0 amide bonds. The van der Waals surface area contributed by atoms with E-state index in [0.29, 0.717) is 13.1 Å². The zero-order valence-corrected chi connectivity index (χ0v) is 17.1. The number of hydrogen-bond acceptors (Lipinski definition) is 4. The average molecular weight is 444 g/mol. The van der Waals surface area contributed by atoms with Gasteiger partial charge in [0.1, 0.15) is 11.8 Å². The molecule has 1 saturated heterocycles. The predicted octanol–water partition coefficient (Wildman–Crippen LogP) is 3.89. The van der Waals surface area contributed by atoms with Gasteiger partial charge >= 0.3 is 5.97 Å². The lowest BCUT2D eigenvalue weighted by Gasteiger charge is -2.39. The average Bonchev–Trinajstić information content (AvgIpc) is 3.11. The number of carboxylic acids is 1. The van der Waals surface area contributed by atoms with Gasteiger partial charge in [-0.25, -0.2) is 0 Å². The van der Waals surface area contributed by atoms with E-state index in [2.05, 4.69) is 25.8 Å². The molecule has 2 N–H and O–H groups in total. The van der Waals surface area contributed by atoms with Gasteiger partial charge in [-0.15, -0.1) is 0 Å². The van der Waals surface area contributed by atoms with Gasteiger partial charge in [0.2, 0.25) is 0 Å². The number of fused-ring (bicyclic) bond motifs is 1. The van der Waals surface area contributed by atoms with Crippen molar-refractivity contribution in [3.63, 3.8) is 0 Å². The predicted molar refractivity (Wildman–Crippen MR) is 113 cm³/mol. The van der Waals surface area contributed by atoms with Gasteiger partial charge in [-0.05, 0) is 24.3 Å². The summed E-state index contributed by atoms with van der Waals surface area (Å²) >= 11 is 3.46. The first-order valence-corrected chi connectivity index (χ1v) is 9.99. The van der Waals surface area contributed by atoms with Crippen molar-refractivity contribution in [3.8, 4) is 5.75 Å². The molecule has 0 radical (unpaired) electrons. The van der Waals surface area contributed by atoms with E-state index in [-0.39, 0.29) is 0 Å². The highest BCUT2D eigenvalue weighted by Gasteiger charge is 2.32. The second-order valence-electron chi connectivity index (χ2n) is 6.87. The number of carbonyl (C=O) groups is 1. The number of methoxy groups -OCH3 is 1. The van der Waals surface area contributed by atoms with E-state index in [1.165, 1.54) is 0 Å². The largest absolute Gasteiger partial charge is 0.495 e. The summed E-state index contributed by atoms with van der Waals surface area (Å²) in [5.74, 6) is 0.0162. The highest BCUT2D eigenvalue weighted by atomic mass is 79.9. The fourth-order valence-corrected chi connectivity index (χ4v) is 4.31. The Balaban J connectivity index is 1.56. The first-order valence-electron chi connectivity index (χ1n) is 9.20. The number of benzene rings is 2. The van der Waals surface area contributed by atoms with E-state index >= 15 is 0 Å². The van der Waals surface area contributed by atoms with Crippen LogP contribution in [0.3, 0.4) is 0 Å².